The quantitative estimate of drug-likeness (QED) is 0.603. The summed E-state index contributed by atoms with van der Waals surface area (Å²) in [6.45, 7) is 3.96. The number of nitrogens with one attached hydrogen (secondary N) is 1. The van der Waals surface area contributed by atoms with Crippen LogP contribution in [0.25, 0.3) is 22.2 Å². The van der Waals surface area contributed by atoms with Crippen molar-refractivity contribution in [3.05, 3.63) is 44.1 Å². The van der Waals surface area contributed by atoms with Crippen LogP contribution in [0.3, 0.4) is 0 Å². The molecular weight excluding hydrogens is 244 g/mol. The number of fused-ring (bicyclic) bond motifs is 2. The summed E-state index contributed by atoms with van der Waals surface area (Å²) < 4.78 is 0.990. The van der Waals surface area contributed by atoms with Crippen molar-refractivity contribution in [2.24, 2.45) is 7.05 Å². The Labute approximate surface area is 107 Å². The Hall–Kier alpha value is -2.50. The molecule has 19 heavy (non-hydrogen) atoms. The summed E-state index contributed by atoms with van der Waals surface area (Å²) in [7, 11) is 1.41. The lowest BCUT2D eigenvalue weighted by molar-refractivity contribution is 0.788. The molecule has 0 radical (unpaired) electrons. The molecule has 0 aliphatic carbocycles. The summed E-state index contributed by atoms with van der Waals surface area (Å²) in [4.78, 5) is 34.7. The second kappa shape index (κ2) is 3.74. The predicted octanol–water partition coefficient (Wildman–Crippen LogP) is 0.787. The molecule has 6 nitrogen and oxygen atoms in total. The molecule has 1 aromatic carbocycles. The molecular formula is C13H12N4O2. The van der Waals surface area contributed by atoms with Gasteiger partial charge in [-0.1, -0.05) is 0 Å². The number of rotatable bonds is 0. The van der Waals surface area contributed by atoms with Crippen molar-refractivity contribution in [1.29, 1.82) is 0 Å². The van der Waals surface area contributed by atoms with Gasteiger partial charge in [-0.3, -0.25) is 14.3 Å². The normalized spacial score (nSPS) is 11.3. The lowest BCUT2D eigenvalue weighted by Gasteiger charge is -2.05. The molecule has 0 spiro atoms. The maximum Gasteiger partial charge on any atom is 0.329 e. The number of nitrogens with zero attached hydrogens (tertiary/aromatic N) is 3. The molecule has 0 atom stereocenters. The van der Waals surface area contributed by atoms with Gasteiger partial charge >= 0.3 is 5.69 Å². The maximum absolute atomic E-state index is 12.0. The van der Waals surface area contributed by atoms with Crippen molar-refractivity contribution < 1.29 is 0 Å². The standard InChI is InChI=1S/C13H12N4O2/c1-6-4-8-9(5-7(6)2)15-11-10(14-8)12(18)17(3)13(19)16-11/h4-5H,1-3H3,(H,15,16,19). The second-order valence-electron chi connectivity index (χ2n) is 4.64. The first-order valence-electron chi connectivity index (χ1n) is 5.85. The molecule has 0 saturated carbocycles. The van der Waals surface area contributed by atoms with E-state index >= 15 is 0 Å². The summed E-state index contributed by atoms with van der Waals surface area (Å²) in [5.74, 6) is 0. The van der Waals surface area contributed by atoms with E-state index in [1.807, 2.05) is 26.0 Å². The fourth-order valence-electron chi connectivity index (χ4n) is 1.98. The van der Waals surface area contributed by atoms with E-state index in [1.165, 1.54) is 7.05 Å². The van der Waals surface area contributed by atoms with Gasteiger partial charge in [-0.2, -0.15) is 0 Å². The molecule has 0 unspecified atom stereocenters. The molecule has 0 aliphatic heterocycles. The van der Waals surface area contributed by atoms with Gasteiger partial charge in [-0.05, 0) is 37.1 Å². The van der Waals surface area contributed by atoms with Gasteiger partial charge in [0.2, 0.25) is 0 Å². The molecule has 6 heteroatoms. The second-order valence-corrected chi connectivity index (χ2v) is 4.64. The van der Waals surface area contributed by atoms with E-state index in [4.69, 9.17) is 0 Å². The first kappa shape index (κ1) is 11.6. The minimum Gasteiger partial charge on any atom is -0.290 e. The molecule has 2 heterocycles. The van der Waals surface area contributed by atoms with E-state index in [2.05, 4.69) is 15.0 Å². The number of aromatic nitrogens is 4. The molecule has 0 saturated heterocycles. The highest BCUT2D eigenvalue weighted by molar-refractivity contribution is 5.84. The van der Waals surface area contributed by atoms with Crippen LogP contribution in [0, 0.1) is 13.8 Å². The van der Waals surface area contributed by atoms with Gasteiger partial charge in [-0.15, -0.1) is 0 Å². The smallest absolute Gasteiger partial charge is 0.290 e. The van der Waals surface area contributed by atoms with E-state index < -0.39 is 11.2 Å². The Morgan fingerprint density at radius 1 is 1.05 bits per heavy atom. The van der Waals surface area contributed by atoms with Crippen LogP contribution in [0.5, 0.6) is 0 Å². The Bertz CT molecular complexity index is 937. The van der Waals surface area contributed by atoms with Crippen molar-refractivity contribution in [1.82, 2.24) is 19.5 Å². The summed E-state index contributed by atoms with van der Waals surface area (Å²) in [6, 6.07) is 3.79. The average Bonchev–Trinajstić information content (AvgIpc) is 2.37. The first-order chi connectivity index (χ1) is 8.97. The Morgan fingerprint density at radius 2 is 1.63 bits per heavy atom. The minimum atomic E-state index is -0.491. The van der Waals surface area contributed by atoms with Crippen molar-refractivity contribution in [2.45, 2.75) is 13.8 Å². The fraction of sp³-hybridized carbons (Fsp3) is 0.231. The van der Waals surface area contributed by atoms with Crippen molar-refractivity contribution in [3.63, 3.8) is 0 Å². The zero-order chi connectivity index (χ0) is 13.7. The third-order valence-corrected chi connectivity index (χ3v) is 3.32. The number of hydrogen-bond acceptors (Lipinski definition) is 4. The highest BCUT2D eigenvalue weighted by Crippen LogP contribution is 2.17. The van der Waals surface area contributed by atoms with Crippen molar-refractivity contribution in [3.8, 4) is 0 Å². The van der Waals surface area contributed by atoms with Crippen molar-refractivity contribution >= 4 is 22.2 Å². The lowest BCUT2D eigenvalue weighted by Crippen LogP contribution is -2.33. The van der Waals surface area contributed by atoms with Crippen LogP contribution >= 0.6 is 0 Å². The van der Waals surface area contributed by atoms with Crippen molar-refractivity contribution in [2.75, 3.05) is 0 Å². The Balaban J connectivity index is 2.56. The summed E-state index contributed by atoms with van der Waals surface area (Å²) in [5, 5.41) is 0. The number of H-pyrrole nitrogens is 1. The minimum absolute atomic E-state index is 0.179. The van der Waals surface area contributed by atoms with Gasteiger partial charge in [-0.25, -0.2) is 14.8 Å². The molecule has 1 N–H and O–H groups in total. The van der Waals surface area contributed by atoms with Crippen LogP contribution in [0.15, 0.2) is 21.7 Å². The highest BCUT2D eigenvalue weighted by atomic mass is 16.2. The first-order valence-corrected chi connectivity index (χ1v) is 5.85. The van der Waals surface area contributed by atoms with E-state index in [0.29, 0.717) is 11.0 Å². The SMILES string of the molecule is Cc1cc2nc3[nH]c(=O)n(C)c(=O)c3nc2cc1C. The number of aryl methyl sites for hydroxylation is 2. The highest BCUT2D eigenvalue weighted by Gasteiger charge is 2.09. The van der Waals surface area contributed by atoms with Crippen LogP contribution in [-0.4, -0.2) is 19.5 Å². The van der Waals surface area contributed by atoms with Crippen LogP contribution in [-0.2, 0) is 7.05 Å². The van der Waals surface area contributed by atoms with E-state index in [-0.39, 0.29) is 11.2 Å². The predicted molar refractivity (Wildman–Crippen MR) is 72.4 cm³/mol. The monoisotopic (exact) mass is 256 g/mol. The molecule has 96 valence electrons. The molecule has 0 bridgehead atoms. The molecule has 0 amide bonds. The largest absolute Gasteiger partial charge is 0.329 e. The van der Waals surface area contributed by atoms with Crippen LogP contribution in [0.4, 0.5) is 0 Å². The lowest BCUT2D eigenvalue weighted by atomic mass is 10.1. The Kier molecular flexibility index (Phi) is 2.28. The fourth-order valence-corrected chi connectivity index (χ4v) is 1.98. The molecule has 0 aliphatic rings. The molecule has 2 aromatic heterocycles. The molecule has 3 rings (SSSR count). The Morgan fingerprint density at radius 3 is 2.26 bits per heavy atom. The van der Waals surface area contributed by atoms with E-state index in [1.54, 1.807) is 0 Å². The number of benzene rings is 1. The molecule has 0 fully saturated rings. The summed E-state index contributed by atoms with van der Waals surface area (Å²) in [5.41, 5.74) is 2.97. The summed E-state index contributed by atoms with van der Waals surface area (Å²) >= 11 is 0. The third-order valence-electron chi connectivity index (χ3n) is 3.32. The van der Waals surface area contributed by atoms with Crippen LogP contribution < -0.4 is 11.2 Å². The topological polar surface area (TPSA) is 80.6 Å². The van der Waals surface area contributed by atoms with Gasteiger partial charge in [0.05, 0.1) is 11.0 Å². The van der Waals surface area contributed by atoms with Gasteiger partial charge < -0.3 is 0 Å². The molecule has 3 aromatic rings. The zero-order valence-electron chi connectivity index (χ0n) is 10.8. The van der Waals surface area contributed by atoms with Gasteiger partial charge in [0.25, 0.3) is 5.56 Å². The third kappa shape index (κ3) is 1.64. The van der Waals surface area contributed by atoms with Crippen LogP contribution in [0.2, 0.25) is 0 Å². The van der Waals surface area contributed by atoms with Crippen LogP contribution in [0.1, 0.15) is 11.1 Å². The van der Waals surface area contributed by atoms with Gasteiger partial charge in [0.15, 0.2) is 11.2 Å². The van der Waals surface area contributed by atoms with Gasteiger partial charge in [0, 0.05) is 7.05 Å². The van der Waals surface area contributed by atoms with Gasteiger partial charge in [0.1, 0.15) is 0 Å². The average molecular weight is 256 g/mol. The summed E-state index contributed by atoms with van der Waals surface area (Å²) in [6.07, 6.45) is 0. The number of hydrogen-bond donors (Lipinski definition) is 1. The maximum atomic E-state index is 12.0. The number of aromatic amines is 1. The van der Waals surface area contributed by atoms with E-state index in [0.717, 1.165) is 15.7 Å². The zero-order valence-corrected chi connectivity index (χ0v) is 10.8. The van der Waals surface area contributed by atoms with E-state index in [9.17, 15) is 9.59 Å².